The van der Waals surface area contributed by atoms with E-state index in [0.717, 1.165) is 6.07 Å². The zero-order chi connectivity index (χ0) is 25.9. The van der Waals surface area contributed by atoms with Crippen LogP contribution in [0.1, 0.15) is 34.5 Å². The lowest BCUT2D eigenvalue weighted by Gasteiger charge is -2.17. The third-order valence-corrected chi connectivity index (χ3v) is 6.13. The molecule has 0 spiro atoms. The fourth-order valence-corrected chi connectivity index (χ4v) is 3.82. The van der Waals surface area contributed by atoms with E-state index in [1.807, 2.05) is 0 Å². The molecule has 2 amide bonds. The van der Waals surface area contributed by atoms with Gasteiger partial charge in [0.15, 0.2) is 0 Å². The van der Waals surface area contributed by atoms with E-state index in [2.05, 4.69) is 47.2 Å². The summed E-state index contributed by atoms with van der Waals surface area (Å²) >= 11 is 3.06. The highest BCUT2D eigenvalue weighted by molar-refractivity contribution is 9.10. The van der Waals surface area contributed by atoms with Crippen molar-refractivity contribution >= 4 is 44.9 Å². The zero-order valence-electron chi connectivity index (χ0n) is 19.0. The maximum atomic E-state index is 13.3. The summed E-state index contributed by atoms with van der Waals surface area (Å²) < 4.78 is 40.3. The Kier molecular flexibility index (Phi) is 7.16. The predicted molar refractivity (Wildman–Crippen MR) is 132 cm³/mol. The Balaban J connectivity index is 1.34. The molecule has 1 aliphatic rings. The molecule has 2 heterocycles. The molecule has 4 rings (SSSR count). The number of rotatable bonds is 8. The van der Waals surface area contributed by atoms with Gasteiger partial charge in [0.25, 0.3) is 5.91 Å². The van der Waals surface area contributed by atoms with Crippen molar-refractivity contribution in [3.8, 4) is 0 Å². The van der Waals surface area contributed by atoms with E-state index < -0.39 is 23.2 Å². The molecule has 2 aromatic heterocycles. The van der Waals surface area contributed by atoms with E-state index in [1.165, 1.54) is 24.5 Å². The highest BCUT2D eigenvalue weighted by Gasteiger charge is 2.51. The van der Waals surface area contributed by atoms with Crippen LogP contribution >= 0.6 is 15.9 Å². The number of carbonyl (C=O) groups excluding carboxylic acids is 2. The van der Waals surface area contributed by atoms with Crippen LogP contribution < -0.4 is 21.3 Å². The van der Waals surface area contributed by atoms with E-state index in [0.29, 0.717) is 40.1 Å². The minimum absolute atomic E-state index is 0.0985. The second-order valence-electron chi connectivity index (χ2n) is 8.25. The molecule has 1 aliphatic carbocycles. The van der Waals surface area contributed by atoms with Crippen LogP contribution in [0.5, 0.6) is 0 Å². The van der Waals surface area contributed by atoms with Gasteiger partial charge in [-0.05, 0) is 55.3 Å². The van der Waals surface area contributed by atoms with Crippen LogP contribution in [-0.4, -0.2) is 34.4 Å². The van der Waals surface area contributed by atoms with Crippen LogP contribution in [0.2, 0.25) is 0 Å². The van der Waals surface area contributed by atoms with Crippen LogP contribution in [0.3, 0.4) is 0 Å². The van der Waals surface area contributed by atoms with Crippen molar-refractivity contribution < 1.29 is 22.8 Å². The summed E-state index contributed by atoms with van der Waals surface area (Å²) in [5.41, 5.74) is -0.668. The van der Waals surface area contributed by atoms with Crippen molar-refractivity contribution in [2.75, 3.05) is 17.7 Å². The number of halogens is 4. The molecule has 12 heteroatoms. The summed E-state index contributed by atoms with van der Waals surface area (Å²) in [7, 11) is 1.72. The first-order valence-corrected chi connectivity index (χ1v) is 11.7. The van der Waals surface area contributed by atoms with Gasteiger partial charge in [-0.3, -0.25) is 14.6 Å². The van der Waals surface area contributed by atoms with Gasteiger partial charge in [0.05, 0.1) is 40.9 Å². The average Bonchev–Trinajstić information content (AvgIpc) is 3.64. The Bertz CT molecular complexity index is 1260. The third-order valence-electron chi connectivity index (χ3n) is 5.64. The lowest BCUT2D eigenvalue weighted by Crippen LogP contribution is -2.48. The molecule has 36 heavy (non-hydrogen) atoms. The number of carbonyl (C=O) groups is 2. The maximum Gasteiger partial charge on any atom is 0.418 e. The van der Waals surface area contributed by atoms with Gasteiger partial charge in [0, 0.05) is 17.7 Å². The molecule has 3 aromatic rings. The Morgan fingerprint density at radius 3 is 2.42 bits per heavy atom. The van der Waals surface area contributed by atoms with Crippen molar-refractivity contribution in [3.05, 3.63) is 76.2 Å². The number of anilines is 3. The fourth-order valence-electron chi connectivity index (χ4n) is 3.46. The highest BCUT2D eigenvalue weighted by Crippen LogP contribution is 2.38. The van der Waals surface area contributed by atoms with Gasteiger partial charge in [-0.25, -0.2) is 4.98 Å². The Labute approximate surface area is 213 Å². The molecule has 4 N–H and O–H groups in total. The minimum atomic E-state index is -4.52. The Morgan fingerprint density at radius 2 is 1.83 bits per heavy atom. The van der Waals surface area contributed by atoms with E-state index in [4.69, 9.17) is 0 Å². The first-order chi connectivity index (χ1) is 17.1. The topological polar surface area (TPSA) is 108 Å². The third kappa shape index (κ3) is 5.93. The van der Waals surface area contributed by atoms with Gasteiger partial charge in [0.2, 0.25) is 5.91 Å². The van der Waals surface area contributed by atoms with Crippen LogP contribution in [0, 0.1) is 0 Å². The average molecular weight is 563 g/mol. The van der Waals surface area contributed by atoms with Gasteiger partial charge in [0.1, 0.15) is 11.4 Å². The molecule has 0 unspecified atom stereocenters. The molecule has 1 aromatic carbocycles. The fraction of sp³-hybridized carbons (Fsp3) is 0.250. The van der Waals surface area contributed by atoms with Crippen molar-refractivity contribution in [2.24, 2.45) is 0 Å². The summed E-state index contributed by atoms with van der Waals surface area (Å²) in [4.78, 5) is 33.6. The van der Waals surface area contributed by atoms with Gasteiger partial charge in [-0.15, -0.1) is 0 Å². The molecular formula is C24H22BrF3N6O2. The molecule has 1 saturated carbocycles. The molecule has 188 valence electrons. The van der Waals surface area contributed by atoms with E-state index in [-0.39, 0.29) is 18.1 Å². The predicted octanol–water partition coefficient (Wildman–Crippen LogP) is 4.62. The van der Waals surface area contributed by atoms with Gasteiger partial charge >= 0.3 is 6.18 Å². The minimum Gasteiger partial charge on any atom is -0.373 e. The summed E-state index contributed by atoms with van der Waals surface area (Å²) in [5, 5.41) is 11.1. The summed E-state index contributed by atoms with van der Waals surface area (Å²) in [6.45, 7) is 0.0985. The molecule has 0 atom stereocenters. The second kappa shape index (κ2) is 10.1. The number of nitrogens with one attached hydrogen (secondary N) is 4. The number of aromatic nitrogens is 2. The van der Waals surface area contributed by atoms with Crippen LogP contribution in [0.4, 0.5) is 30.4 Å². The van der Waals surface area contributed by atoms with E-state index >= 15 is 0 Å². The van der Waals surface area contributed by atoms with Crippen LogP contribution in [0.25, 0.3) is 0 Å². The van der Waals surface area contributed by atoms with E-state index in [9.17, 15) is 22.8 Å². The summed E-state index contributed by atoms with van der Waals surface area (Å²) in [5.74, 6) is -0.0985. The molecule has 0 bridgehead atoms. The SMILES string of the molecule is CNc1ccc(C(=O)NC2(C(=O)NCc3ccc(Nc4ccc(Br)cc4C(F)(F)F)cn3)CC2)cn1. The number of benzene rings is 1. The van der Waals surface area contributed by atoms with Gasteiger partial charge < -0.3 is 21.3 Å². The van der Waals surface area contributed by atoms with Crippen molar-refractivity contribution in [1.29, 1.82) is 0 Å². The molecule has 1 fully saturated rings. The number of hydrogen-bond acceptors (Lipinski definition) is 6. The smallest absolute Gasteiger partial charge is 0.373 e. The van der Waals surface area contributed by atoms with Crippen molar-refractivity contribution in [3.63, 3.8) is 0 Å². The van der Waals surface area contributed by atoms with Crippen molar-refractivity contribution in [1.82, 2.24) is 20.6 Å². The number of nitrogens with zero attached hydrogens (tertiary/aromatic N) is 2. The molecule has 0 radical (unpaired) electrons. The standard InChI is InChI=1S/C24H22BrF3N6O2/c1-29-20-7-2-14(11-31-20)21(35)34-23(8-9-23)22(36)32-12-16-4-5-17(13-30-16)33-19-6-3-15(25)10-18(19)24(26,27)28/h2-7,10-11,13,33H,8-9,12H2,1H3,(H,29,31)(H,32,36)(H,34,35). The Hall–Kier alpha value is -3.67. The Morgan fingerprint density at radius 1 is 1.06 bits per heavy atom. The molecular weight excluding hydrogens is 541 g/mol. The quantitative estimate of drug-likeness (QED) is 0.319. The summed E-state index contributed by atoms with van der Waals surface area (Å²) in [6, 6.07) is 10.3. The van der Waals surface area contributed by atoms with Crippen molar-refractivity contribution in [2.45, 2.75) is 31.1 Å². The first-order valence-electron chi connectivity index (χ1n) is 10.9. The number of pyridine rings is 2. The second-order valence-corrected chi connectivity index (χ2v) is 9.17. The highest BCUT2D eigenvalue weighted by atomic mass is 79.9. The largest absolute Gasteiger partial charge is 0.418 e. The lowest BCUT2D eigenvalue weighted by molar-refractivity contribution is -0.137. The maximum absolute atomic E-state index is 13.3. The first kappa shape index (κ1) is 25.4. The van der Waals surface area contributed by atoms with Gasteiger partial charge in [-0.2, -0.15) is 13.2 Å². The van der Waals surface area contributed by atoms with Gasteiger partial charge in [-0.1, -0.05) is 15.9 Å². The van der Waals surface area contributed by atoms with E-state index in [1.54, 1.807) is 31.3 Å². The van der Waals surface area contributed by atoms with Crippen LogP contribution in [-0.2, 0) is 17.5 Å². The normalized spacial score (nSPS) is 14.0. The number of amides is 2. The lowest BCUT2D eigenvalue weighted by atomic mass is 10.1. The molecule has 8 nitrogen and oxygen atoms in total. The van der Waals surface area contributed by atoms with Crippen LogP contribution in [0.15, 0.2) is 59.3 Å². The number of alkyl halides is 3. The monoisotopic (exact) mass is 562 g/mol. The number of hydrogen-bond donors (Lipinski definition) is 4. The summed E-state index contributed by atoms with van der Waals surface area (Å²) in [6.07, 6.45) is -0.680. The molecule has 0 aliphatic heterocycles. The zero-order valence-corrected chi connectivity index (χ0v) is 20.6. The molecule has 0 saturated heterocycles.